The molecule has 0 radical (unpaired) electrons. The van der Waals surface area contributed by atoms with E-state index in [9.17, 15) is 4.79 Å². The van der Waals surface area contributed by atoms with E-state index in [1.54, 1.807) is 4.90 Å². The van der Waals surface area contributed by atoms with E-state index in [0.717, 1.165) is 22.2 Å². The Morgan fingerprint density at radius 2 is 1.75 bits per heavy atom. The standard InChI is InChI=1S/C16H27NOS2/c1-5-6-7-8-9-10-11-17-14(18)13(20-15(17)19)12-16(2,3)4/h12H,5-11H2,1-4H3/b13-12-. The summed E-state index contributed by atoms with van der Waals surface area (Å²) in [5.41, 5.74) is 0.0176. The highest BCUT2D eigenvalue weighted by Gasteiger charge is 2.32. The lowest BCUT2D eigenvalue weighted by Crippen LogP contribution is -2.29. The van der Waals surface area contributed by atoms with E-state index in [-0.39, 0.29) is 11.3 Å². The Hall–Kier alpha value is -0.350. The Morgan fingerprint density at radius 1 is 1.15 bits per heavy atom. The third kappa shape index (κ3) is 5.96. The number of unbranched alkanes of at least 4 members (excludes halogenated alkanes) is 5. The third-order valence-corrected chi connectivity index (χ3v) is 4.55. The van der Waals surface area contributed by atoms with Gasteiger partial charge in [-0.1, -0.05) is 89.9 Å². The number of nitrogens with zero attached hydrogens (tertiary/aromatic N) is 1. The summed E-state index contributed by atoms with van der Waals surface area (Å²) in [6.45, 7) is 9.31. The van der Waals surface area contributed by atoms with Crippen LogP contribution in [0.15, 0.2) is 11.0 Å². The van der Waals surface area contributed by atoms with Crippen molar-refractivity contribution in [3.8, 4) is 0 Å². The number of hydrogen-bond acceptors (Lipinski definition) is 3. The van der Waals surface area contributed by atoms with Gasteiger partial charge < -0.3 is 0 Å². The summed E-state index contributed by atoms with van der Waals surface area (Å²) in [4.78, 5) is 14.9. The van der Waals surface area contributed by atoms with E-state index < -0.39 is 0 Å². The molecule has 1 fully saturated rings. The molecule has 20 heavy (non-hydrogen) atoms. The minimum Gasteiger partial charge on any atom is -0.293 e. The van der Waals surface area contributed by atoms with Crippen LogP contribution in [0.1, 0.15) is 66.2 Å². The second kappa shape index (κ2) is 8.18. The fourth-order valence-corrected chi connectivity index (χ4v) is 3.66. The van der Waals surface area contributed by atoms with Crippen molar-refractivity contribution < 1.29 is 4.79 Å². The number of carbonyl (C=O) groups excluding carboxylic acids is 1. The SMILES string of the molecule is CCCCCCCCN1C(=O)/C(=C/C(C)(C)C)SC1=S. The highest BCUT2D eigenvalue weighted by molar-refractivity contribution is 8.26. The summed E-state index contributed by atoms with van der Waals surface area (Å²) in [5, 5.41) is 0. The maximum absolute atomic E-state index is 12.3. The predicted molar refractivity (Wildman–Crippen MR) is 92.8 cm³/mol. The van der Waals surface area contributed by atoms with Crippen LogP contribution in [0.2, 0.25) is 0 Å². The van der Waals surface area contributed by atoms with Crippen molar-refractivity contribution in [3.63, 3.8) is 0 Å². The summed E-state index contributed by atoms with van der Waals surface area (Å²) in [6.07, 6.45) is 9.43. The van der Waals surface area contributed by atoms with Crippen molar-refractivity contribution in [2.24, 2.45) is 5.41 Å². The molecule has 4 heteroatoms. The van der Waals surface area contributed by atoms with Gasteiger partial charge in [-0.15, -0.1) is 0 Å². The first-order valence-electron chi connectivity index (χ1n) is 7.61. The quantitative estimate of drug-likeness (QED) is 0.369. The van der Waals surface area contributed by atoms with Crippen molar-refractivity contribution in [2.75, 3.05) is 6.54 Å². The predicted octanol–water partition coefficient (Wildman–Crippen LogP) is 5.14. The van der Waals surface area contributed by atoms with Gasteiger partial charge in [0.15, 0.2) is 0 Å². The molecule has 0 saturated carbocycles. The number of thioether (sulfide) groups is 1. The zero-order valence-corrected chi connectivity index (χ0v) is 14.8. The maximum atomic E-state index is 12.3. The van der Waals surface area contributed by atoms with Gasteiger partial charge in [-0.2, -0.15) is 0 Å². The van der Waals surface area contributed by atoms with Gasteiger partial charge >= 0.3 is 0 Å². The molecule has 1 aliphatic heterocycles. The van der Waals surface area contributed by atoms with Crippen molar-refractivity contribution in [2.45, 2.75) is 66.2 Å². The number of carbonyl (C=O) groups is 1. The zero-order chi connectivity index (χ0) is 15.2. The van der Waals surface area contributed by atoms with Gasteiger partial charge in [-0.05, 0) is 11.8 Å². The monoisotopic (exact) mass is 313 g/mol. The first-order valence-corrected chi connectivity index (χ1v) is 8.84. The topological polar surface area (TPSA) is 20.3 Å². The van der Waals surface area contributed by atoms with Gasteiger partial charge in [-0.3, -0.25) is 9.69 Å². The molecule has 1 heterocycles. The van der Waals surface area contributed by atoms with Crippen LogP contribution in [0, 0.1) is 5.41 Å². The molecular formula is C16H27NOS2. The smallest absolute Gasteiger partial charge is 0.265 e. The summed E-state index contributed by atoms with van der Waals surface area (Å²) in [6, 6.07) is 0. The van der Waals surface area contributed by atoms with Crippen LogP contribution < -0.4 is 0 Å². The maximum Gasteiger partial charge on any atom is 0.265 e. The van der Waals surface area contributed by atoms with Crippen molar-refractivity contribution in [1.29, 1.82) is 0 Å². The second-order valence-electron chi connectivity index (χ2n) is 6.47. The summed E-state index contributed by atoms with van der Waals surface area (Å²) in [7, 11) is 0. The molecular weight excluding hydrogens is 286 g/mol. The van der Waals surface area contributed by atoms with Gasteiger partial charge in [0, 0.05) is 6.54 Å². The minimum atomic E-state index is 0.0176. The van der Waals surface area contributed by atoms with Gasteiger partial charge in [-0.25, -0.2) is 0 Å². The first kappa shape index (κ1) is 17.7. The number of rotatable bonds is 7. The Bertz CT molecular complexity index is 382. The van der Waals surface area contributed by atoms with Crippen LogP contribution in [0.3, 0.4) is 0 Å². The van der Waals surface area contributed by atoms with Crippen molar-refractivity contribution in [3.05, 3.63) is 11.0 Å². The van der Waals surface area contributed by atoms with Gasteiger partial charge in [0.1, 0.15) is 4.32 Å². The normalized spacial score (nSPS) is 18.4. The molecule has 1 aliphatic rings. The fourth-order valence-electron chi connectivity index (χ4n) is 2.14. The Kier molecular flexibility index (Phi) is 7.24. The molecule has 1 saturated heterocycles. The fraction of sp³-hybridized carbons (Fsp3) is 0.750. The molecule has 0 atom stereocenters. The average molecular weight is 314 g/mol. The molecule has 0 aliphatic carbocycles. The van der Waals surface area contributed by atoms with Crippen LogP contribution in [0.5, 0.6) is 0 Å². The number of thiocarbonyl (C=S) groups is 1. The molecule has 0 bridgehead atoms. The Labute approximate surface area is 133 Å². The van der Waals surface area contributed by atoms with E-state index in [1.807, 2.05) is 6.08 Å². The zero-order valence-electron chi connectivity index (χ0n) is 13.2. The molecule has 2 nitrogen and oxygen atoms in total. The van der Waals surface area contributed by atoms with Gasteiger partial charge in [0.2, 0.25) is 0 Å². The van der Waals surface area contributed by atoms with E-state index in [2.05, 4.69) is 27.7 Å². The van der Waals surface area contributed by atoms with Crippen LogP contribution in [-0.2, 0) is 4.79 Å². The summed E-state index contributed by atoms with van der Waals surface area (Å²) < 4.78 is 0.721. The van der Waals surface area contributed by atoms with Crippen LogP contribution >= 0.6 is 24.0 Å². The molecule has 0 aromatic rings. The molecule has 1 amide bonds. The molecule has 1 rings (SSSR count). The highest BCUT2D eigenvalue weighted by Crippen LogP contribution is 2.34. The van der Waals surface area contributed by atoms with Crippen LogP contribution in [0.25, 0.3) is 0 Å². The summed E-state index contributed by atoms with van der Waals surface area (Å²) in [5.74, 6) is 0.100. The van der Waals surface area contributed by atoms with E-state index in [0.29, 0.717) is 0 Å². The second-order valence-corrected chi connectivity index (χ2v) is 8.14. The molecule has 0 aromatic carbocycles. The summed E-state index contributed by atoms with van der Waals surface area (Å²) >= 11 is 6.78. The largest absolute Gasteiger partial charge is 0.293 e. The Balaban J connectivity index is 2.42. The lowest BCUT2D eigenvalue weighted by Gasteiger charge is -2.15. The van der Waals surface area contributed by atoms with E-state index in [4.69, 9.17) is 12.2 Å². The molecule has 0 N–H and O–H groups in total. The van der Waals surface area contributed by atoms with Gasteiger partial charge in [0.25, 0.3) is 5.91 Å². The average Bonchev–Trinajstić information content (AvgIpc) is 2.58. The number of allylic oxidation sites excluding steroid dienone is 1. The number of hydrogen-bond donors (Lipinski definition) is 0. The van der Waals surface area contributed by atoms with E-state index >= 15 is 0 Å². The lowest BCUT2D eigenvalue weighted by atomic mass is 9.96. The van der Waals surface area contributed by atoms with E-state index in [1.165, 1.54) is 43.9 Å². The third-order valence-electron chi connectivity index (χ3n) is 3.17. The molecule has 0 unspecified atom stereocenters. The highest BCUT2D eigenvalue weighted by atomic mass is 32.2. The van der Waals surface area contributed by atoms with Crippen molar-refractivity contribution >= 4 is 34.2 Å². The number of amides is 1. The molecule has 0 spiro atoms. The molecule has 0 aromatic heterocycles. The van der Waals surface area contributed by atoms with Crippen LogP contribution in [0.4, 0.5) is 0 Å². The lowest BCUT2D eigenvalue weighted by molar-refractivity contribution is -0.122. The molecule has 114 valence electrons. The minimum absolute atomic E-state index is 0.0176. The first-order chi connectivity index (χ1) is 9.35. The Morgan fingerprint density at radius 3 is 2.35 bits per heavy atom. The van der Waals surface area contributed by atoms with Crippen LogP contribution in [-0.4, -0.2) is 21.7 Å². The van der Waals surface area contributed by atoms with Crippen molar-refractivity contribution in [1.82, 2.24) is 4.90 Å². The van der Waals surface area contributed by atoms with Gasteiger partial charge in [0.05, 0.1) is 4.91 Å².